The monoisotopic (exact) mass is 423 g/mol. The second-order valence-corrected chi connectivity index (χ2v) is 7.76. The highest BCUT2D eigenvalue weighted by Gasteiger charge is 2.24. The van der Waals surface area contributed by atoms with Crippen molar-refractivity contribution in [1.29, 1.82) is 0 Å². The standard InChI is InChI=1S/C21H25N7O3/c1-22-18-10-17(26-16-6-3-8-23-21(16)31-14-7-9-30-12-14)27-19-15(11-24-28(18)19)20(29)25-13-4-2-5-13/h3,6,8,10-11,13-14,22H,2,4-5,7,9,12H2,1H3,(H,25,29)(H,26,27)/t14-/m1/s1. The van der Waals surface area contributed by atoms with Crippen LogP contribution in [0.1, 0.15) is 36.0 Å². The third-order valence-electron chi connectivity index (χ3n) is 5.61. The van der Waals surface area contributed by atoms with Gasteiger partial charge in [-0.25, -0.2) is 9.97 Å². The van der Waals surface area contributed by atoms with Crippen LogP contribution in [0.4, 0.5) is 17.3 Å². The summed E-state index contributed by atoms with van der Waals surface area (Å²) in [7, 11) is 1.80. The smallest absolute Gasteiger partial charge is 0.256 e. The number of hydrogen-bond donors (Lipinski definition) is 3. The number of aromatic nitrogens is 4. The van der Waals surface area contributed by atoms with Crippen LogP contribution in [-0.2, 0) is 4.74 Å². The van der Waals surface area contributed by atoms with Gasteiger partial charge in [0.15, 0.2) is 5.65 Å². The molecule has 0 aromatic carbocycles. The van der Waals surface area contributed by atoms with Gasteiger partial charge in [-0.1, -0.05) is 0 Å². The number of ether oxygens (including phenoxy) is 2. The molecule has 1 aliphatic heterocycles. The van der Waals surface area contributed by atoms with Crippen LogP contribution >= 0.6 is 0 Å². The van der Waals surface area contributed by atoms with E-state index in [4.69, 9.17) is 9.47 Å². The average molecular weight is 423 g/mol. The van der Waals surface area contributed by atoms with Crippen molar-refractivity contribution in [2.75, 3.05) is 30.9 Å². The minimum Gasteiger partial charge on any atom is -0.470 e. The van der Waals surface area contributed by atoms with Gasteiger partial charge in [-0.05, 0) is 31.4 Å². The molecule has 0 unspecified atom stereocenters. The lowest BCUT2D eigenvalue weighted by Gasteiger charge is -2.26. The molecule has 0 bridgehead atoms. The minimum atomic E-state index is -0.155. The van der Waals surface area contributed by atoms with Gasteiger partial charge in [-0.15, -0.1) is 0 Å². The molecule has 162 valence electrons. The largest absolute Gasteiger partial charge is 0.470 e. The van der Waals surface area contributed by atoms with E-state index in [1.165, 1.54) is 0 Å². The van der Waals surface area contributed by atoms with Crippen LogP contribution in [0.5, 0.6) is 5.88 Å². The lowest BCUT2D eigenvalue weighted by molar-refractivity contribution is 0.0918. The molecule has 2 fully saturated rings. The van der Waals surface area contributed by atoms with E-state index in [9.17, 15) is 4.79 Å². The molecule has 1 atom stereocenters. The number of pyridine rings is 1. The van der Waals surface area contributed by atoms with Gasteiger partial charge in [-0.2, -0.15) is 9.61 Å². The summed E-state index contributed by atoms with van der Waals surface area (Å²) in [4.78, 5) is 21.8. The van der Waals surface area contributed by atoms with Gasteiger partial charge < -0.3 is 25.4 Å². The molecule has 3 N–H and O–H groups in total. The molecule has 10 heteroatoms. The first-order chi connectivity index (χ1) is 15.2. The van der Waals surface area contributed by atoms with Crippen LogP contribution < -0.4 is 20.7 Å². The quantitative estimate of drug-likeness (QED) is 0.531. The van der Waals surface area contributed by atoms with E-state index in [2.05, 4.69) is 31.0 Å². The third kappa shape index (κ3) is 3.98. The highest BCUT2D eigenvalue weighted by molar-refractivity contribution is 6.00. The zero-order valence-electron chi connectivity index (χ0n) is 17.3. The Morgan fingerprint density at radius 3 is 2.97 bits per heavy atom. The number of rotatable bonds is 7. The lowest BCUT2D eigenvalue weighted by Crippen LogP contribution is -2.39. The van der Waals surface area contributed by atoms with E-state index in [1.54, 1.807) is 24.0 Å². The number of carbonyl (C=O) groups is 1. The molecule has 0 spiro atoms. The van der Waals surface area contributed by atoms with Crippen molar-refractivity contribution in [3.8, 4) is 5.88 Å². The molecule has 0 radical (unpaired) electrons. The van der Waals surface area contributed by atoms with Crippen molar-refractivity contribution in [3.63, 3.8) is 0 Å². The molecule has 1 saturated carbocycles. The van der Waals surface area contributed by atoms with Crippen molar-refractivity contribution in [3.05, 3.63) is 36.2 Å². The number of fused-ring (bicyclic) bond motifs is 1. The number of nitrogens with zero attached hydrogens (tertiary/aromatic N) is 4. The summed E-state index contributed by atoms with van der Waals surface area (Å²) in [6, 6.07) is 5.77. The van der Waals surface area contributed by atoms with E-state index in [1.807, 2.05) is 18.2 Å². The Labute approximate surface area is 179 Å². The first kappa shape index (κ1) is 19.6. The number of amides is 1. The Hall–Kier alpha value is -3.40. The van der Waals surface area contributed by atoms with E-state index in [0.29, 0.717) is 47.6 Å². The van der Waals surface area contributed by atoms with Crippen molar-refractivity contribution in [2.45, 2.75) is 37.8 Å². The Bertz CT molecular complexity index is 1090. The second kappa shape index (κ2) is 8.38. The van der Waals surface area contributed by atoms with E-state index in [-0.39, 0.29) is 18.1 Å². The van der Waals surface area contributed by atoms with Crippen molar-refractivity contribution in [1.82, 2.24) is 24.9 Å². The fraction of sp³-hybridized carbons (Fsp3) is 0.429. The molecular weight excluding hydrogens is 398 g/mol. The molecule has 3 aromatic rings. The summed E-state index contributed by atoms with van der Waals surface area (Å²) in [5.41, 5.74) is 1.60. The summed E-state index contributed by atoms with van der Waals surface area (Å²) < 4.78 is 13.0. The van der Waals surface area contributed by atoms with Gasteiger partial charge in [-0.3, -0.25) is 4.79 Å². The van der Waals surface area contributed by atoms with Crippen LogP contribution in [0.2, 0.25) is 0 Å². The average Bonchev–Trinajstić information content (AvgIpc) is 3.41. The van der Waals surface area contributed by atoms with Crippen LogP contribution in [0.3, 0.4) is 0 Å². The Morgan fingerprint density at radius 2 is 2.23 bits per heavy atom. The summed E-state index contributed by atoms with van der Waals surface area (Å²) >= 11 is 0. The van der Waals surface area contributed by atoms with E-state index < -0.39 is 0 Å². The molecule has 1 saturated heterocycles. The maximum Gasteiger partial charge on any atom is 0.256 e. The summed E-state index contributed by atoms with van der Waals surface area (Å²) in [6.45, 7) is 1.25. The molecule has 1 aliphatic carbocycles. The van der Waals surface area contributed by atoms with Crippen LogP contribution in [-0.4, -0.2) is 57.9 Å². The van der Waals surface area contributed by atoms with Gasteiger partial charge >= 0.3 is 0 Å². The predicted octanol–water partition coefficient (Wildman–Crippen LogP) is 2.36. The topological polar surface area (TPSA) is 115 Å². The SMILES string of the molecule is CNc1cc(Nc2cccnc2O[C@@H]2CCOC2)nc2c(C(=O)NC3CCC3)cnn12. The van der Waals surface area contributed by atoms with Crippen LogP contribution in [0.25, 0.3) is 5.65 Å². The molecule has 31 heavy (non-hydrogen) atoms. The molecule has 10 nitrogen and oxygen atoms in total. The van der Waals surface area contributed by atoms with Crippen LogP contribution in [0, 0.1) is 0 Å². The maximum absolute atomic E-state index is 12.8. The molecule has 5 rings (SSSR count). The Kier molecular flexibility index (Phi) is 5.29. The summed E-state index contributed by atoms with van der Waals surface area (Å²) in [6.07, 6.45) is 7.24. The van der Waals surface area contributed by atoms with Crippen molar-refractivity contribution < 1.29 is 14.3 Å². The van der Waals surface area contributed by atoms with E-state index in [0.717, 1.165) is 25.7 Å². The number of anilines is 3. The maximum atomic E-state index is 12.8. The molecule has 1 amide bonds. The van der Waals surface area contributed by atoms with Gasteiger partial charge in [0, 0.05) is 31.8 Å². The first-order valence-corrected chi connectivity index (χ1v) is 10.5. The molecule has 3 aromatic heterocycles. The van der Waals surface area contributed by atoms with Crippen molar-refractivity contribution in [2.24, 2.45) is 0 Å². The third-order valence-corrected chi connectivity index (χ3v) is 5.61. The number of nitrogens with one attached hydrogen (secondary N) is 3. The minimum absolute atomic E-state index is 0.0182. The zero-order valence-corrected chi connectivity index (χ0v) is 17.3. The molecular formula is C21H25N7O3. The zero-order chi connectivity index (χ0) is 21.2. The fourth-order valence-corrected chi connectivity index (χ4v) is 3.66. The fourth-order valence-electron chi connectivity index (χ4n) is 3.66. The van der Waals surface area contributed by atoms with E-state index >= 15 is 0 Å². The number of carbonyl (C=O) groups excluding carboxylic acids is 1. The Morgan fingerprint density at radius 1 is 1.32 bits per heavy atom. The summed E-state index contributed by atoms with van der Waals surface area (Å²) in [5, 5.41) is 13.8. The van der Waals surface area contributed by atoms with Gasteiger partial charge in [0.25, 0.3) is 5.91 Å². The first-order valence-electron chi connectivity index (χ1n) is 10.5. The lowest BCUT2D eigenvalue weighted by atomic mass is 9.93. The van der Waals surface area contributed by atoms with Gasteiger partial charge in [0.05, 0.1) is 19.4 Å². The second-order valence-electron chi connectivity index (χ2n) is 7.76. The highest BCUT2D eigenvalue weighted by Crippen LogP contribution is 2.28. The predicted molar refractivity (Wildman–Crippen MR) is 115 cm³/mol. The number of hydrogen-bond acceptors (Lipinski definition) is 8. The van der Waals surface area contributed by atoms with Crippen LogP contribution in [0.15, 0.2) is 30.6 Å². The molecule has 2 aliphatic rings. The highest BCUT2D eigenvalue weighted by atomic mass is 16.5. The Balaban J connectivity index is 1.45. The summed E-state index contributed by atoms with van der Waals surface area (Å²) in [5.74, 6) is 1.58. The normalized spacial score (nSPS) is 18.5. The molecule has 4 heterocycles. The van der Waals surface area contributed by atoms with Gasteiger partial charge in [0.1, 0.15) is 29.0 Å². The van der Waals surface area contributed by atoms with Crippen molar-refractivity contribution >= 4 is 28.9 Å². The van der Waals surface area contributed by atoms with Gasteiger partial charge in [0.2, 0.25) is 5.88 Å².